The van der Waals surface area contributed by atoms with Crippen molar-refractivity contribution in [3.63, 3.8) is 0 Å². The second-order valence-electron chi connectivity index (χ2n) is 11.9. The maximum atomic E-state index is 15.1. The first-order valence-electron chi connectivity index (χ1n) is 14.4. The summed E-state index contributed by atoms with van der Waals surface area (Å²) in [7, 11) is 0. The molecule has 6 rings (SSSR count). The number of aromatic nitrogens is 2. The van der Waals surface area contributed by atoms with Crippen LogP contribution in [0.2, 0.25) is 0 Å². The summed E-state index contributed by atoms with van der Waals surface area (Å²) in [5.41, 5.74) is 1.85. The van der Waals surface area contributed by atoms with Crippen LogP contribution in [0, 0.1) is 18.7 Å². The number of pyridine rings is 2. The third-order valence-electron chi connectivity index (χ3n) is 9.13. The quantitative estimate of drug-likeness (QED) is 0.236. The Morgan fingerprint density at radius 2 is 1.98 bits per heavy atom. The fourth-order valence-corrected chi connectivity index (χ4v) is 6.76. The molecule has 1 amide bonds. The molecule has 2 aliphatic heterocycles. The fraction of sp³-hybridized carbons (Fsp3) is 0.452. The average molecular weight is 593 g/mol. The molecule has 0 fully saturated rings. The number of hydrogen-bond donors (Lipinski definition) is 4. The predicted octanol–water partition coefficient (Wildman–Crippen LogP) is 2.33. The lowest BCUT2D eigenvalue weighted by atomic mass is 9.81. The molecule has 3 aromatic rings. The van der Waals surface area contributed by atoms with Gasteiger partial charge in [-0.25, -0.2) is 14.2 Å². The van der Waals surface area contributed by atoms with Crippen molar-refractivity contribution in [2.24, 2.45) is 5.92 Å². The maximum absolute atomic E-state index is 15.1. The number of nitrogens with one attached hydrogen (secondary N) is 2. The molecule has 226 valence electrons. The predicted molar refractivity (Wildman–Crippen MR) is 153 cm³/mol. The average Bonchev–Trinajstić information content (AvgIpc) is 3.32. The summed E-state index contributed by atoms with van der Waals surface area (Å²) < 4.78 is 21.8. The molecular weight excluding hydrogens is 559 g/mol. The Bertz CT molecular complexity index is 1800. The van der Waals surface area contributed by atoms with E-state index in [1.54, 1.807) is 33.8 Å². The topological polar surface area (TPSA) is 160 Å². The highest BCUT2D eigenvalue weighted by Gasteiger charge is 2.46. The van der Waals surface area contributed by atoms with Crippen molar-refractivity contribution in [2.45, 2.75) is 77.8 Å². The lowest BCUT2D eigenvalue weighted by Crippen LogP contribution is -2.46. The van der Waals surface area contributed by atoms with Crippen LogP contribution in [-0.2, 0) is 44.3 Å². The van der Waals surface area contributed by atoms with E-state index in [0.29, 0.717) is 40.9 Å². The Labute approximate surface area is 246 Å². The van der Waals surface area contributed by atoms with Crippen LogP contribution in [0.4, 0.5) is 4.39 Å². The normalized spacial score (nSPS) is 20.8. The number of aryl methyl sites for hydroxylation is 1. The number of halogens is 1. The van der Waals surface area contributed by atoms with Gasteiger partial charge in [-0.1, -0.05) is 20.8 Å². The largest absolute Gasteiger partial charge is 0.480 e. The van der Waals surface area contributed by atoms with Crippen LogP contribution in [0.25, 0.3) is 22.3 Å². The minimum atomic E-state index is -1.99. The van der Waals surface area contributed by atoms with Gasteiger partial charge >= 0.3 is 11.9 Å². The molecule has 0 spiro atoms. The SMILES string of the molecule is CC[C@@]1(O)C(=O)OCc2c1cc1n(c2=O)Cc2c-1nc1cc(F)c(C)c3c1c2[C@@H](NC(=O)CN[C@H](C(=O)O)C(C)C)CC3. The molecule has 0 bridgehead atoms. The number of rotatable bonds is 7. The molecule has 4 heterocycles. The molecule has 4 N–H and O–H groups in total. The van der Waals surface area contributed by atoms with Crippen molar-refractivity contribution in [1.29, 1.82) is 0 Å². The summed E-state index contributed by atoms with van der Waals surface area (Å²) >= 11 is 0. The number of esters is 1. The number of amides is 1. The number of aliphatic hydroxyl groups is 1. The van der Waals surface area contributed by atoms with Gasteiger partial charge in [-0.2, -0.15) is 0 Å². The van der Waals surface area contributed by atoms with Crippen molar-refractivity contribution >= 4 is 28.7 Å². The number of carboxylic acids is 1. The molecule has 11 nitrogen and oxygen atoms in total. The Kier molecular flexibility index (Phi) is 6.89. The first kappa shape index (κ1) is 28.9. The first-order chi connectivity index (χ1) is 20.4. The second-order valence-corrected chi connectivity index (χ2v) is 11.9. The van der Waals surface area contributed by atoms with Crippen LogP contribution in [0.3, 0.4) is 0 Å². The Morgan fingerprint density at radius 1 is 1.23 bits per heavy atom. The minimum absolute atomic E-state index is 0.000512. The van der Waals surface area contributed by atoms with Crippen molar-refractivity contribution in [2.75, 3.05) is 6.54 Å². The summed E-state index contributed by atoms with van der Waals surface area (Å²) in [5, 5.41) is 27.3. The van der Waals surface area contributed by atoms with Gasteiger partial charge < -0.3 is 24.8 Å². The molecule has 43 heavy (non-hydrogen) atoms. The zero-order valence-corrected chi connectivity index (χ0v) is 24.3. The minimum Gasteiger partial charge on any atom is -0.480 e. The molecule has 12 heteroatoms. The smallest absolute Gasteiger partial charge is 0.343 e. The molecule has 0 unspecified atom stereocenters. The van der Waals surface area contributed by atoms with E-state index in [-0.39, 0.29) is 43.2 Å². The number of carboxylic acid groups (broad SMARTS) is 1. The highest BCUT2D eigenvalue weighted by atomic mass is 19.1. The van der Waals surface area contributed by atoms with Crippen LogP contribution in [-0.4, -0.2) is 50.2 Å². The van der Waals surface area contributed by atoms with Crippen LogP contribution in [0.5, 0.6) is 0 Å². The van der Waals surface area contributed by atoms with E-state index < -0.39 is 46.9 Å². The summed E-state index contributed by atoms with van der Waals surface area (Å²) in [4.78, 5) is 55.8. The Morgan fingerprint density at radius 3 is 2.65 bits per heavy atom. The third-order valence-corrected chi connectivity index (χ3v) is 9.13. The van der Waals surface area contributed by atoms with Crippen LogP contribution < -0.4 is 16.2 Å². The van der Waals surface area contributed by atoms with Gasteiger partial charge in [0.25, 0.3) is 5.56 Å². The van der Waals surface area contributed by atoms with E-state index in [4.69, 9.17) is 9.72 Å². The summed E-state index contributed by atoms with van der Waals surface area (Å²) in [6.45, 7) is 6.48. The molecule has 0 radical (unpaired) electrons. The molecule has 3 atom stereocenters. The van der Waals surface area contributed by atoms with Crippen LogP contribution in [0.15, 0.2) is 16.9 Å². The molecular formula is C31H33FN4O7. The van der Waals surface area contributed by atoms with E-state index in [0.717, 1.165) is 16.5 Å². The first-order valence-corrected chi connectivity index (χ1v) is 14.4. The summed E-state index contributed by atoms with van der Waals surface area (Å²) in [5.74, 6) is -2.92. The van der Waals surface area contributed by atoms with Gasteiger partial charge in [-0.05, 0) is 54.9 Å². The van der Waals surface area contributed by atoms with Crippen LogP contribution >= 0.6 is 0 Å². The molecule has 3 aliphatic rings. The number of cyclic esters (lactones) is 1. The number of carbonyl (C=O) groups is 3. The number of ether oxygens (including phenoxy) is 1. The van der Waals surface area contributed by atoms with Crippen molar-refractivity contribution in [3.8, 4) is 11.4 Å². The highest BCUT2D eigenvalue weighted by Crippen LogP contribution is 2.45. The molecule has 2 aromatic heterocycles. The molecule has 1 aromatic carbocycles. The van der Waals surface area contributed by atoms with Crippen molar-refractivity contribution in [3.05, 3.63) is 61.7 Å². The number of fused-ring (bicyclic) bond motifs is 5. The zero-order valence-electron chi connectivity index (χ0n) is 24.3. The van der Waals surface area contributed by atoms with Gasteiger partial charge in [-0.15, -0.1) is 0 Å². The maximum Gasteiger partial charge on any atom is 0.343 e. The fourth-order valence-electron chi connectivity index (χ4n) is 6.76. The molecule has 0 saturated carbocycles. The lowest BCUT2D eigenvalue weighted by molar-refractivity contribution is -0.172. The van der Waals surface area contributed by atoms with Gasteiger partial charge in [-0.3, -0.25) is 19.7 Å². The summed E-state index contributed by atoms with van der Waals surface area (Å²) in [6, 6.07) is 1.54. The van der Waals surface area contributed by atoms with Crippen molar-refractivity contribution in [1.82, 2.24) is 20.2 Å². The third kappa shape index (κ3) is 4.34. The van der Waals surface area contributed by atoms with E-state index in [9.17, 15) is 29.4 Å². The van der Waals surface area contributed by atoms with Gasteiger partial charge in [0.2, 0.25) is 5.91 Å². The number of hydrogen-bond acceptors (Lipinski definition) is 8. The molecule has 1 aliphatic carbocycles. The van der Waals surface area contributed by atoms with E-state index >= 15 is 4.39 Å². The van der Waals surface area contributed by atoms with Gasteiger partial charge in [0, 0.05) is 22.6 Å². The van der Waals surface area contributed by atoms with Crippen molar-refractivity contribution < 1.29 is 33.7 Å². The zero-order chi connectivity index (χ0) is 31.0. The van der Waals surface area contributed by atoms with E-state index in [1.165, 1.54) is 10.6 Å². The Balaban J connectivity index is 1.48. The summed E-state index contributed by atoms with van der Waals surface area (Å²) in [6.07, 6.45) is 0.946. The van der Waals surface area contributed by atoms with E-state index in [2.05, 4.69) is 10.6 Å². The standard InChI is InChI=1S/C31H33FN4O7/c1-5-31(42)18-8-22-27-16(11-36(22)28(38)17(18)12-43-30(31)41)25-20(34-23(37)10-33-26(13(2)3)29(39)40)7-6-15-14(4)19(32)9-21(35-27)24(15)25/h8-9,13,20,26,33,42H,5-7,10-12H2,1-4H3,(H,34,37)(H,39,40)/t20-,26-,31-/m0/s1. The van der Waals surface area contributed by atoms with Gasteiger partial charge in [0.15, 0.2) is 5.60 Å². The second kappa shape index (κ2) is 10.2. The number of carbonyl (C=O) groups excluding carboxylic acids is 2. The highest BCUT2D eigenvalue weighted by molar-refractivity contribution is 5.94. The Hall–Kier alpha value is -4.16. The number of nitrogens with zero attached hydrogens (tertiary/aromatic N) is 2. The molecule has 0 saturated heterocycles. The van der Waals surface area contributed by atoms with Gasteiger partial charge in [0.05, 0.1) is 41.6 Å². The van der Waals surface area contributed by atoms with E-state index in [1.807, 2.05) is 0 Å². The van der Waals surface area contributed by atoms with Crippen LogP contribution in [0.1, 0.15) is 73.0 Å². The van der Waals surface area contributed by atoms with Gasteiger partial charge in [0.1, 0.15) is 18.5 Å². The lowest BCUT2D eigenvalue weighted by Gasteiger charge is -2.31. The number of benzene rings is 1. The number of aliphatic carboxylic acids is 1. The monoisotopic (exact) mass is 592 g/mol.